The van der Waals surface area contributed by atoms with Crippen LogP contribution in [0.3, 0.4) is 0 Å². The summed E-state index contributed by atoms with van der Waals surface area (Å²) in [5.74, 6) is 0. The fraction of sp³-hybridized carbons (Fsp3) is 0.909. The standard InChI is InChI=1S/C11H21N3O2/c15-11-12-4-2-1-3-5-14(11)10-13-6-8-16-9-7-13/h1-10H2,(H,12,15). The molecule has 0 bridgehead atoms. The highest BCUT2D eigenvalue weighted by Crippen LogP contribution is 2.06. The smallest absolute Gasteiger partial charge is 0.318 e. The molecular weight excluding hydrogens is 206 g/mol. The van der Waals surface area contributed by atoms with Gasteiger partial charge in [-0.25, -0.2) is 4.79 Å². The average molecular weight is 227 g/mol. The van der Waals surface area contributed by atoms with E-state index in [9.17, 15) is 4.79 Å². The van der Waals surface area contributed by atoms with Crippen LogP contribution >= 0.6 is 0 Å². The minimum Gasteiger partial charge on any atom is -0.379 e. The topological polar surface area (TPSA) is 44.8 Å². The lowest BCUT2D eigenvalue weighted by atomic mass is 10.2. The summed E-state index contributed by atoms with van der Waals surface area (Å²) >= 11 is 0. The third-order valence-electron chi connectivity index (χ3n) is 3.14. The van der Waals surface area contributed by atoms with Gasteiger partial charge in [0.05, 0.1) is 19.9 Å². The number of ether oxygens (including phenoxy) is 1. The molecule has 1 N–H and O–H groups in total. The van der Waals surface area contributed by atoms with Crippen LogP contribution in [0.5, 0.6) is 0 Å². The molecule has 92 valence electrons. The molecule has 0 aromatic heterocycles. The predicted molar refractivity (Wildman–Crippen MR) is 61.2 cm³/mol. The van der Waals surface area contributed by atoms with Crippen molar-refractivity contribution in [3.63, 3.8) is 0 Å². The van der Waals surface area contributed by atoms with Crippen molar-refractivity contribution < 1.29 is 9.53 Å². The molecule has 0 atom stereocenters. The van der Waals surface area contributed by atoms with Gasteiger partial charge < -0.3 is 15.0 Å². The van der Waals surface area contributed by atoms with Gasteiger partial charge in [0, 0.05) is 26.2 Å². The Morgan fingerprint density at radius 1 is 1.12 bits per heavy atom. The Morgan fingerprint density at radius 3 is 2.75 bits per heavy atom. The number of hydrogen-bond donors (Lipinski definition) is 1. The SMILES string of the molecule is O=C1NCCCCCN1CN1CCOCC1. The van der Waals surface area contributed by atoms with Gasteiger partial charge in [-0.05, 0) is 19.3 Å². The molecule has 2 amide bonds. The minimum absolute atomic E-state index is 0.0891. The average Bonchev–Trinajstić information content (AvgIpc) is 2.30. The Hall–Kier alpha value is -0.810. The zero-order chi connectivity index (χ0) is 11.2. The molecule has 2 saturated heterocycles. The van der Waals surface area contributed by atoms with E-state index in [1.807, 2.05) is 4.90 Å². The van der Waals surface area contributed by atoms with Gasteiger partial charge in [0.15, 0.2) is 0 Å². The molecule has 5 heteroatoms. The normalized spacial score (nSPS) is 24.8. The van der Waals surface area contributed by atoms with E-state index in [4.69, 9.17) is 4.74 Å². The molecule has 0 radical (unpaired) electrons. The van der Waals surface area contributed by atoms with E-state index < -0.39 is 0 Å². The predicted octanol–water partition coefficient (Wildman–Crippen LogP) is 0.472. The van der Waals surface area contributed by atoms with Crippen molar-refractivity contribution in [2.45, 2.75) is 19.3 Å². The summed E-state index contributed by atoms with van der Waals surface area (Å²) in [6.45, 7) is 5.88. The van der Waals surface area contributed by atoms with Crippen molar-refractivity contribution >= 4 is 6.03 Å². The highest BCUT2D eigenvalue weighted by atomic mass is 16.5. The van der Waals surface area contributed by atoms with Crippen molar-refractivity contribution in [3.8, 4) is 0 Å². The molecule has 0 spiro atoms. The first kappa shape index (κ1) is 11.7. The number of nitrogens with zero attached hydrogens (tertiary/aromatic N) is 2. The summed E-state index contributed by atoms with van der Waals surface area (Å²) in [6.07, 6.45) is 3.44. The molecule has 5 nitrogen and oxygen atoms in total. The molecule has 0 aliphatic carbocycles. The number of amides is 2. The molecule has 0 aromatic rings. The number of nitrogens with one attached hydrogen (secondary N) is 1. The van der Waals surface area contributed by atoms with E-state index in [1.165, 1.54) is 6.42 Å². The van der Waals surface area contributed by atoms with Gasteiger partial charge in [0.1, 0.15) is 0 Å². The van der Waals surface area contributed by atoms with Crippen LogP contribution in [-0.4, -0.2) is 61.9 Å². The number of carbonyl (C=O) groups excluding carboxylic acids is 1. The van der Waals surface area contributed by atoms with Crippen LogP contribution in [0, 0.1) is 0 Å². The monoisotopic (exact) mass is 227 g/mol. The third-order valence-corrected chi connectivity index (χ3v) is 3.14. The Balaban J connectivity index is 1.82. The van der Waals surface area contributed by atoms with Crippen molar-refractivity contribution in [2.75, 3.05) is 46.1 Å². The van der Waals surface area contributed by atoms with Gasteiger partial charge in [0.2, 0.25) is 0 Å². The van der Waals surface area contributed by atoms with Gasteiger partial charge in [-0.3, -0.25) is 4.90 Å². The van der Waals surface area contributed by atoms with Crippen LogP contribution in [0.2, 0.25) is 0 Å². The maximum Gasteiger partial charge on any atom is 0.318 e. The Kier molecular flexibility index (Phi) is 4.42. The summed E-state index contributed by atoms with van der Waals surface area (Å²) in [5, 5.41) is 2.95. The molecule has 2 fully saturated rings. The molecule has 0 unspecified atom stereocenters. The molecular formula is C11H21N3O2. The largest absolute Gasteiger partial charge is 0.379 e. The Labute approximate surface area is 96.7 Å². The fourth-order valence-electron chi connectivity index (χ4n) is 2.13. The van der Waals surface area contributed by atoms with Crippen LogP contribution in [0.1, 0.15) is 19.3 Å². The van der Waals surface area contributed by atoms with Gasteiger partial charge in [-0.15, -0.1) is 0 Å². The highest BCUT2D eigenvalue weighted by Gasteiger charge is 2.19. The van der Waals surface area contributed by atoms with E-state index in [2.05, 4.69) is 10.2 Å². The summed E-state index contributed by atoms with van der Waals surface area (Å²) in [7, 11) is 0. The van der Waals surface area contributed by atoms with Crippen LogP contribution in [0.25, 0.3) is 0 Å². The summed E-state index contributed by atoms with van der Waals surface area (Å²) < 4.78 is 5.30. The van der Waals surface area contributed by atoms with Crippen molar-refractivity contribution in [3.05, 3.63) is 0 Å². The maximum atomic E-state index is 11.8. The third kappa shape index (κ3) is 3.35. The van der Waals surface area contributed by atoms with Gasteiger partial charge in [0.25, 0.3) is 0 Å². The van der Waals surface area contributed by atoms with E-state index in [1.54, 1.807) is 0 Å². The van der Waals surface area contributed by atoms with E-state index in [-0.39, 0.29) is 6.03 Å². The van der Waals surface area contributed by atoms with Crippen molar-refractivity contribution in [2.24, 2.45) is 0 Å². The van der Waals surface area contributed by atoms with Crippen LogP contribution < -0.4 is 5.32 Å². The zero-order valence-corrected chi connectivity index (χ0v) is 9.78. The van der Waals surface area contributed by atoms with Gasteiger partial charge in [-0.2, -0.15) is 0 Å². The van der Waals surface area contributed by atoms with Crippen molar-refractivity contribution in [1.82, 2.24) is 15.1 Å². The van der Waals surface area contributed by atoms with Gasteiger partial charge >= 0.3 is 6.03 Å². The fourth-order valence-corrected chi connectivity index (χ4v) is 2.13. The first-order valence-corrected chi connectivity index (χ1v) is 6.19. The molecule has 2 aliphatic rings. The first-order valence-electron chi connectivity index (χ1n) is 6.19. The molecule has 2 rings (SSSR count). The number of rotatable bonds is 2. The second-order valence-corrected chi connectivity index (χ2v) is 4.43. The molecule has 2 aliphatic heterocycles. The number of hydrogen-bond acceptors (Lipinski definition) is 3. The first-order chi connectivity index (χ1) is 7.86. The number of urea groups is 1. The van der Waals surface area contributed by atoms with Crippen LogP contribution in [0.4, 0.5) is 4.79 Å². The number of morpholine rings is 1. The lowest BCUT2D eigenvalue weighted by molar-refractivity contribution is 0.0163. The van der Waals surface area contributed by atoms with Crippen LogP contribution in [0.15, 0.2) is 0 Å². The molecule has 0 saturated carbocycles. The Morgan fingerprint density at radius 2 is 1.94 bits per heavy atom. The van der Waals surface area contributed by atoms with Gasteiger partial charge in [-0.1, -0.05) is 0 Å². The summed E-state index contributed by atoms with van der Waals surface area (Å²) in [5.41, 5.74) is 0. The summed E-state index contributed by atoms with van der Waals surface area (Å²) in [6, 6.07) is 0.0891. The second kappa shape index (κ2) is 6.06. The minimum atomic E-state index is 0.0891. The van der Waals surface area contributed by atoms with E-state index in [0.29, 0.717) is 0 Å². The molecule has 0 aromatic carbocycles. The highest BCUT2D eigenvalue weighted by molar-refractivity contribution is 5.74. The Bertz CT molecular complexity index is 229. The lowest BCUT2D eigenvalue weighted by Gasteiger charge is -2.33. The molecule has 2 heterocycles. The summed E-state index contributed by atoms with van der Waals surface area (Å²) in [4.78, 5) is 16.0. The van der Waals surface area contributed by atoms with Crippen LogP contribution in [-0.2, 0) is 4.74 Å². The second-order valence-electron chi connectivity index (χ2n) is 4.43. The number of carbonyl (C=O) groups is 1. The van der Waals surface area contributed by atoms with E-state index >= 15 is 0 Å². The molecule has 16 heavy (non-hydrogen) atoms. The zero-order valence-electron chi connectivity index (χ0n) is 9.78. The van der Waals surface area contributed by atoms with E-state index in [0.717, 1.165) is 58.9 Å². The van der Waals surface area contributed by atoms with Crippen molar-refractivity contribution in [1.29, 1.82) is 0 Å². The maximum absolute atomic E-state index is 11.8. The quantitative estimate of drug-likeness (QED) is 0.746. The lowest BCUT2D eigenvalue weighted by Crippen LogP contribution is -2.50.